The molecule has 1 atom stereocenters. The van der Waals surface area contributed by atoms with Gasteiger partial charge in [0.25, 0.3) is 5.91 Å². The lowest BCUT2D eigenvalue weighted by molar-refractivity contribution is -0.122. The van der Waals surface area contributed by atoms with Crippen LogP contribution in [0.4, 0.5) is 5.69 Å². The third-order valence-electron chi connectivity index (χ3n) is 3.43. The molecular formula is C19H23NO4. The molecule has 0 aliphatic carbocycles. The van der Waals surface area contributed by atoms with Gasteiger partial charge in [-0.1, -0.05) is 19.1 Å². The van der Waals surface area contributed by atoms with Crippen molar-refractivity contribution in [2.75, 3.05) is 19.0 Å². The first-order chi connectivity index (χ1) is 11.7. The number of hydrogen-bond acceptors (Lipinski definition) is 4. The van der Waals surface area contributed by atoms with Crippen LogP contribution in [0.15, 0.2) is 48.5 Å². The van der Waals surface area contributed by atoms with Crippen LogP contribution in [0.3, 0.4) is 0 Å². The molecule has 1 N–H and O–H groups in total. The van der Waals surface area contributed by atoms with E-state index in [1.54, 1.807) is 31.4 Å². The molecule has 0 aliphatic rings. The first-order valence-corrected chi connectivity index (χ1v) is 8.01. The van der Waals surface area contributed by atoms with Crippen molar-refractivity contribution in [2.45, 2.75) is 26.4 Å². The molecule has 1 amide bonds. The Morgan fingerprint density at radius 2 is 1.71 bits per heavy atom. The van der Waals surface area contributed by atoms with Gasteiger partial charge in [0.2, 0.25) is 0 Å². The van der Waals surface area contributed by atoms with Crippen molar-refractivity contribution in [3.05, 3.63) is 48.5 Å². The molecule has 0 fully saturated rings. The lowest BCUT2D eigenvalue weighted by Gasteiger charge is -2.19. The molecule has 0 aliphatic heterocycles. The number of amides is 1. The summed E-state index contributed by atoms with van der Waals surface area (Å²) in [5.41, 5.74) is 0.700. The predicted molar refractivity (Wildman–Crippen MR) is 93.9 cm³/mol. The quantitative estimate of drug-likeness (QED) is 0.798. The minimum atomic E-state index is -0.604. The Hall–Kier alpha value is -2.69. The molecular weight excluding hydrogens is 306 g/mol. The molecule has 128 valence electrons. The number of benzene rings is 2. The van der Waals surface area contributed by atoms with E-state index >= 15 is 0 Å². The van der Waals surface area contributed by atoms with Gasteiger partial charge in [-0.3, -0.25) is 4.79 Å². The van der Waals surface area contributed by atoms with Gasteiger partial charge in [-0.05, 0) is 49.7 Å². The number of para-hydroxylation sites is 2. The third-order valence-corrected chi connectivity index (χ3v) is 3.43. The predicted octanol–water partition coefficient (Wildman–Crippen LogP) is 3.89. The lowest BCUT2D eigenvalue weighted by Crippen LogP contribution is -2.32. The van der Waals surface area contributed by atoms with E-state index in [4.69, 9.17) is 14.2 Å². The average molecular weight is 329 g/mol. The Bertz CT molecular complexity index is 655. The molecule has 2 aromatic carbocycles. The van der Waals surface area contributed by atoms with Gasteiger partial charge in [0.05, 0.1) is 13.7 Å². The average Bonchev–Trinajstić information content (AvgIpc) is 2.61. The number of carbonyl (C=O) groups is 1. The van der Waals surface area contributed by atoms with Crippen LogP contribution in [0, 0.1) is 0 Å². The van der Waals surface area contributed by atoms with Crippen LogP contribution in [0.1, 0.15) is 20.3 Å². The van der Waals surface area contributed by atoms with Gasteiger partial charge in [-0.25, -0.2) is 0 Å². The normalized spacial score (nSPS) is 11.5. The summed E-state index contributed by atoms with van der Waals surface area (Å²) in [6.45, 7) is 4.44. The molecule has 2 aromatic rings. The number of rotatable bonds is 8. The van der Waals surface area contributed by atoms with E-state index in [-0.39, 0.29) is 5.91 Å². The van der Waals surface area contributed by atoms with Gasteiger partial charge in [-0.2, -0.15) is 0 Å². The van der Waals surface area contributed by atoms with E-state index in [0.717, 1.165) is 5.75 Å². The fourth-order valence-electron chi connectivity index (χ4n) is 2.22. The Kier molecular flexibility index (Phi) is 6.49. The van der Waals surface area contributed by atoms with Crippen LogP contribution in [0.25, 0.3) is 0 Å². The molecule has 0 radical (unpaired) electrons. The minimum absolute atomic E-state index is 0.201. The smallest absolute Gasteiger partial charge is 0.265 e. The molecule has 0 saturated heterocycles. The second-order valence-corrected chi connectivity index (χ2v) is 5.11. The Labute approximate surface area is 142 Å². The number of nitrogens with one attached hydrogen (secondary N) is 1. The molecule has 0 aromatic heterocycles. The largest absolute Gasteiger partial charge is 0.494 e. The summed E-state index contributed by atoms with van der Waals surface area (Å²) >= 11 is 0. The summed E-state index contributed by atoms with van der Waals surface area (Å²) in [6, 6.07) is 14.5. The standard InChI is InChI=1S/C19H23NO4/c1-4-16(24-18-9-7-6-8-17(18)22-3)19(21)20-14-10-12-15(13-11-14)23-5-2/h6-13,16H,4-5H2,1-3H3,(H,20,21)/t16-/m0/s1. The van der Waals surface area contributed by atoms with E-state index in [9.17, 15) is 4.79 Å². The maximum absolute atomic E-state index is 12.5. The third kappa shape index (κ3) is 4.65. The highest BCUT2D eigenvalue weighted by atomic mass is 16.5. The highest BCUT2D eigenvalue weighted by Crippen LogP contribution is 2.27. The molecule has 0 heterocycles. The van der Waals surface area contributed by atoms with E-state index in [2.05, 4.69) is 5.32 Å². The van der Waals surface area contributed by atoms with Crippen LogP contribution in [-0.4, -0.2) is 25.7 Å². The van der Waals surface area contributed by atoms with Crippen LogP contribution in [-0.2, 0) is 4.79 Å². The summed E-state index contributed by atoms with van der Waals surface area (Å²) in [5, 5.41) is 2.86. The summed E-state index contributed by atoms with van der Waals surface area (Å²) < 4.78 is 16.5. The molecule has 2 rings (SSSR count). The van der Waals surface area contributed by atoms with Crippen molar-refractivity contribution < 1.29 is 19.0 Å². The minimum Gasteiger partial charge on any atom is -0.494 e. The van der Waals surface area contributed by atoms with Crippen LogP contribution < -0.4 is 19.5 Å². The van der Waals surface area contributed by atoms with Crippen molar-refractivity contribution in [3.8, 4) is 17.2 Å². The first-order valence-electron chi connectivity index (χ1n) is 8.01. The van der Waals surface area contributed by atoms with Crippen molar-refractivity contribution >= 4 is 11.6 Å². The fourth-order valence-corrected chi connectivity index (χ4v) is 2.22. The molecule has 0 unspecified atom stereocenters. The highest BCUT2D eigenvalue weighted by Gasteiger charge is 2.20. The van der Waals surface area contributed by atoms with Gasteiger partial charge >= 0.3 is 0 Å². The Morgan fingerprint density at radius 3 is 2.29 bits per heavy atom. The number of carbonyl (C=O) groups excluding carboxylic acids is 1. The van der Waals surface area contributed by atoms with Crippen LogP contribution in [0.2, 0.25) is 0 Å². The molecule has 5 heteroatoms. The summed E-state index contributed by atoms with van der Waals surface area (Å²) in [5.74, 6) is 1.72. The number of anilines is 1. The van der Waals surface area contributed by atoms with Gasteiger partial charge in [-0.15, -0.1) is 0 Å². The van der Waals surface area contributed by atoms with Gasteiger partial charge in [0, 0.05) is 5.69 Å². The molecule has 0 spiro atoms. The summed E-state index contributed by atoms with van der Waals surface area (Å²) in [7, 11) is 1.57. The van der Waals surface area contributed by atoms with Crippen LogP contribution >= 0.6 is 0 Å². The number of methoxy groups -OCH3 is 1. The van der Waals surface area contributed by atoms with E-state index in [0.29, 0.717) is 30.2 Å². The highest BCUT2D eigenvalue weighted by molar-refractivity contribution is 5.94. The Morgan fingerprint density at radius 1 is 1.04 bits per heavy atom. The first kappa shape index (κ1) is 17.7. The van der Waals surface area contributed by atoms with Gasteiger partial charge in [0.15, 0.2) is 17.6 Å². The van der Waals surface area contributed by atoms with Crippen molar-refractivity contribution in [3.63, 3.8) is 0 Å². The van der Waals surface area contributed by atoms with Crippen molar-refractivity contribution in [2.24, 2.45) is 0 Å². The second-order valence-electron chi connectivity index (χ2n) is 5.11. The van der Waals surface area contributed by atoms with E-state index in [1.165, 1.54) is 0 Å². The molecule has 24 heavy (non-hydrogen) atoms. The topological polar surface area (TPSA) is 56.8 Å². The van der Waals surface area contributed by atoms with Gasteiger partial charge < -0.3 is 19.5 Å². The Balaban J connectivity index is 2.03. The zero-order valence-corrected chi connectivity index (χ0v) is 14.2. The zero-order chi connectivity index (χ0) is 17.4. The monoisotopic (exact) mass is 329 g/mol. The second kappa shape index (κ2) is 8.82. The van der Waals surface area contributed by atoms with E-state index < -0.39 is 6.10 Å². The maximum Gasteiger partial charge on any atom is 0.265 e. The van der Waals surface area contributed by atoms with Crippen molar-refractivity contribution in [1.82, 2.24) is 0 Å². The molecule has 5 nitrogen and oxygen atoms in total. The number of ether oxygens (including phenoxy) is 3. The summed E-state index contributed by atoms with van der Waals surface area (Å²) in [6.07, 6.45) is -0.0613. The fraction of sp³-hybridized carbons (Fsp3) is 0.316. The number of hydrogen-bond donors (Lipinski definition) is 1. The van der Waals surface area contributed by atoms with Crippen molar-refractivity contribution in [1.29, 1.82) is 0 Å². The maximum atomic E-state index is 12.5. The molecule has 0 saturated carbocycles. The van der Waals surface area contributed by atoms with Crippen LogP contribution in [0.5, 0.6) is 17.2 Å². The zero-order valence-electron chi connectivity index (χ0n) is 14.2. The SMILES string of the molecule is CCOc1ccc(NC(=O)[C@H](CC)Oc2ccccc2OC)cc1. The van der Waals surface area contributed by atoms with Gasteiger partial charge in [0.1, 0.15) is 5.75 Å². The summed E-state index contributed by atoms with van der Waals surface area (Å²) in [4.78, 5) is 12.5. The van der Waals surface area contributed by atoms with E-state index in [1.807, 2.05) is 38.1 Å². The lowest BCUT2D eigenvalue weighted by atomic mass is 10.2. The molecule has 0 bridgehead atoms.